The van der Waals surface area contributed by atoms with Crippen LogP contribution >= 0.6 is 0 Å². The van der Waals surface area contributed by atoms with Gasteiger partial charge in [-0.25, -0.2) is 9.58 Å². The number of carbonyl (C=O) groups is 2. The Morgan fingerprint density at radius 2 is 1.87 bits per heavy atom. The van der Waals surface area contributed by atoms with Crippen LogP contribution in [-0.2, 0) is 16.1 Å². The average molecular weight is 420 g/mol. The fraction of sp³-hybridized carbons (Fsp3) is 0.261. The van der Waals surface area contributed by atoms with Crippen molar-refractivity contribution in [2.45, 2.75) is 19.0 Å². The number of amides is 2. The number of carbonyl (C=O) groups excluding carboxylic acids is 2. The molecule has 0 bridgehead atoms. The molecule has 3 aromatic rings. The highest BCUT2D eigenvalue weighted by Gasteiger charge is 2.42. The molecule has 2 aromatic carbocycles. The Hall–Kier alpha value is -3.65. The Morgan fingerprint density at radius 1 is 1.10 bits per heavy atom. The maximum atomic E-state index is 13.2. The predicted octanol–water partition coefficient (Wildman–Crippen LogP) is 2.65. The molecule has 0 saturated carbocycles. The van der Waals surface area contributed by atoms with Gasteiger partial charge in [-0.15, -0.1) is 0 Å². The SMILES string of the molecule is COc1ccc(N2C(=O)C[C@H](N(C)Cc3cnn(-c4ccccc4)c3)C2=O)c(OC)c1. The Labute approximate surface area is 180 Å². The van der Waals surface area contributed by atoms with Gasteiger partial charge in [0.2, 0.25) is 5.91 Å². The zero-order valence-corrected chi connectivity index (χ0v) is 17.7. The molecule has 1 aromatic heterocycles. The van der Waals surface area contributed by atoms with Gasteiger partial charge in [0.1, 0.15) is 11.5 Å². The molecule has 1 aliphatic rings. The van der Waals surface area contributed by atoms with E-state index in [0.717, 1.165) is 11.3 Å². The third-order valence-electron chi connectivity index (χ3n) is 5.37. The van der Waals surface area contributed by atoms with Gasteiger partial charge in [-0.1, -0.05) is 18.2 Å². The van der Waals surface area contributed by atoms with Crippen molar-refractivity contribution in [3.8, 4) is 17.2 Å². The summed E-state index contributed by atoms with van der Waals surface area (Å²) in [5.41, 5.74) is 2.33. The largest absolute Gasteiger partial charge is 0.497 e. The zero-order chi connectivity index (χ0) is 22.0. The van der Waals surface area contributed by atoms with Gasteiger partial charge in [0.25, 0.3) is 5.91 Å². The summed E-state index contributed by atoms with van der Waals surface area (Å²) in [6, 6.07) is 14.3. The molecule has 1 atom stereocenters. The summed E-state index contributed by atoms with van der Waals surface area (Å²) in [5, 5.41) is 4.40. The quantitative estimate of drug-likeness (QED) is 0.547. The Bertz CT molecular complexity index is 1100. The number of para-hydroxylation sites is 1. The molecule has 8 heteroatoms. The molecule has 0 unspecified atom stereocenters. The van der Waals surface area contributed by atoms with Crippen LogP contribution in [0.5, 0.6) is 11.5 Å². The van der Waals surface area contributed by atoms with Crippen LogP contribution in [0.1, 0.15) is 12.0 Å². The zero-order valence-electron chi connectivity index (χ0n) is 17.7. The van der Waals surface area contributed by atoms with E-state index in [9.17, 15) is 9.59 Å². The maximum absolute atomic E-state index is 13.2. The second kappa shape index (κ2) is 8.61. The van der Waals surface area contributed by atoms with Crippen LogP contribution in [0.2, 0.25) is 0 Å². The number of hydrogen-bond acceptors (Lipinski definition) is 6. The molecule has 1 fully saturated rings. The predicted molar refractivity (Wildman–Crippen MR) is 115 cm³/mol. The number of anilines is 1. The van der Waals surface area contributed by atoms with Crippen LogP contribution in [0.4, 0.5) is 5.69 Å². The fourth-order valence-corrected chi connectivity index (χ4v) is 3.74. The normalized spacial score (nSPS) is 16.3. The lowest BCUT2D eigenvalue weighted by Crippen LogP contribution is -2.39. The van der Waals surface area contributed by atoms with Crippen molar-refractivity contribution in [3.05, 3.63) is 66.5 Å². The first-order valence-corrected chi connectivity index (χ1v) is 9.90. The highest BCUT2D eigenvalue weighted by atomic mass is 16.5. The van der Waals surface area contributed by atoms with E-state index >= 15 is 0 Å². The van der Waals surface area contributed by atoms with E-state index in [1.54, 1.807) is 36.2 Å². The van der Waals surface area contributed by atoms with Crippen LogP contribution in [0, 0.1) is 0 Å². The smallest absolute Gasteiger partial charge is 0.251 e. The first-order chi connectivity index (χ1) is 15.0. The molecule has 0 aliphatic carbocycles. The number of rotatable bonds is 7. The molecule has 4 rings (SSSR count). The van der Waals surface area contributed by atoms with E-state index in [1.165, 1.54) is 12.0 Å². The summed E-state index contributed by atoms with van der Waals surface area (Å²) in [6.45, 7) is 0.490. The number of nitrogens with zero attached hydrogens (tertiary/aromatic N) is 4. The highest BCUT2D eigenvalue weighted by molar-refractivity contribution is 6.23. The molecule has 0 radical (unpaired) electrons. The monoisotopic (exact) mass is 420 g/mol. The summed E-state index contributed by atoms with van der Waals surface area (Å²) in [4.78, 5) is 29.0. The average Bonchev–Trinajstić information content (AvgIpc) is 3.38. The topological polar surface area (TPSA) is 76.9 Å². The van der Waals surface area contributed by atoms with Crippen LogP contribution in [0.15, 0.2) is 60.9 Å². The van der Waals surface area contributed by atoms with Gasteiger partial charge >= 0.3 is 0 Å². The second-order valence-corrected chi connectivity index (χ2v) is 7.37. The third-order valence-corrected chi connectivity index (χ3v) is 5.37. The van der Waals surface area contributed by atoms with Gasteiger partial charge in [0.15, 0.2) is 0 Å². The molecular weight excluding hydrogens is 396 g/mol. The summed E-state index contributed by atoms with van der Waals surface area (Å²) in [7, 11) is 4.88. The number of hydrogen-bond donors (Lipinski definition) is 0. The van der Waals surface area contributed by atoms with Crippen molar-refractivity contribution < 1.29 is 19.1 Å². The Morgan fingerprint density at radius 3 is 2.58 bits per heavy atom. The number of methoxy groups -OCH3 is 2. The molecule has 2 heterocycles. The van der Waals surface area contributed by atoms with E-state index in [4.69, 9.17) is 9.47 Å². The van der Waals surface area contributed by atoms with Gasteiger partial charge < -0.3 is 9.47 Å². The van der Waals surface area contributed by atoms with Crippen molar-refractivity contribution in [2.75, 3.05) is 26.2 Å². The van der Waals surface area contributed by atoms with Crippen LogP contribution < -0.4 is 14.4 Å². The van der Waals surface area contributed by atoms with Crippen LogP contribution in [0.3, 0.4) is 0 Å². The standard InChI is InChI=1S/C23H24N4O4/c1-25(14-16-13-24-26(15-16)17-7-5-4-6-8-17)20-12-22(28)27(23(20)29)19-10-9-18(30-2)11-21(19)31-3/h4-11,13,15,20H,12,14H2,1-3H3/t20-/m0/s1. The minimum Gasteiger partial charge on any atom is -0.497 e. The molecule has 8 nitrogen and oxygen atoms in total. The minimum atomic E-state index is -0.556. The Balaban J connectivity index is 1.51. The molecule has 1 aliphatic heterocycles. The summed E-state index contributed by atoms with van der Waals surface area (Å²) < 4.78 is 12.4. The molecule has 160 valence electrons. The molecule has 1 saturated heterocycles. The molecular formula is C23H24N4O4. The number of aromatic nitrogens is 2. The van der Waals surface area contributed by atoms with Gasteiger partial charge in [0.05, 0.1) is 44.3 Å². The van der Waals surface area contributed by atoms with Gasteiger partial charge in [0, 0.05) is 24.4 Å². The lowest BCUT2D eigenvalue weighted by atomic mass is 10.2. The number of imide groups is 1. The number of likely N-dealkylation sites (N-methyl/N-ethyl adjacent to an activating group) is 1. The first-order valence-electron chi connectivity index (χ1n) is 9.90. The summed E-state index contributed by atoms with van der Waals surface area (Å²) in [6.07, 6.45) is 3.81. The lowest BCUT2D eigenvalue weighted by molar-refractivity contribution is -0.122. The number of benzene rings is 2. The second-order valence-electron chi connectivity index (χ2n) is 7.37. The molecule has 0 spiro atoms. The van der Waals surface area contributed by atoms with Crippen LogP contribution in [0.25, 0.3) is 5.69 Å². The van der Waals surface area contributed by atoms with Crippen molar-refractivity contribution in [1.29, 1.82) is 0 Å². The van der Waals surface area contributed by atoms with Crippen molar-refractivity contribution >= 4 is 17.5 Å². The van der Waals surface area contributed by atoms with Gasteiger partial charge in [-0.2, -0.15) is 5.10 Å². The molecule has 2 amide bonds. The van der Waals surface area contributed by atoms with E-state index in [1.807, 2.05) is 48.5 Å². The third kappa shape index (κ3) is 4.02. The lowest BCUT2D eigenvalue weighted by Gasteiger charge is -2.23. The van der Waals surface area contributed by atoms with Gasteiger partial charge in [-0.3, -0.25) is 14.5 Å². The van der Waals surface area contributed by atoms with Crippen LogP contribution in [-0.4, -0.2) is 53.8 Å². The number of ether oxygens (including phenoxy) is 2. The van der Waals surface area contributed by atoms with Crippen molar-refractivity contribution in [2.24, 2.45) is 0 Å². The fourth-order valence-electron chi connectivity index (χ4n) is 3.74. The van der Waals surface area contributed by atoms with E-state index < -0.39 is 6.04 Å². The van der Waals surface area contributed by atoms with Crippen molar-refractivity contribution in [1.82, 2.24) is 14.7 Å². The van der Waals surface area contributed by atoms with E-state index in [0.29, 0.717) is 23.7 Å². The van der Waals surface area contributed by atoms with Crippen molar-refractivity contribution in [3.63, 3.8) is 0 Å². The molecule has 0 N–H and O–H groups in total. The maximum Gasteiger partial charge on any atom is 0.251 e. The summed E-state index contributed by atoms with van der Waals surface area (Å²) >= 11 is 0. The first kappa shape index (κ1) is 20.6. The highest BCUT2D eigenvalue weighted by Crippen LogP contribution is 2.36. The van der Waals surface area contributed by atoms with E-state index in [2.05, 4.69) is 5.10 Å². The van der Waals surface area contributed by atoms with Gasteiger partial charge in [-0.05, 0) is 31.3 Å². The summed E-state index contributed by atoms with van der Waals surface area (Å²) in [5.74, 6) is 0.467. The minimum absolute atomic E-state index is 0.108. The Kier molecular flexibility index (Phi) is 5.73. The molecule has 31 heavy (non-hydrogen) atoms. The van der Waals surface area contributed by atoms with E-state index in [-0.39, 0.29) is 18.2 Å².